The Kier molecular flexibility index (Phi) is 7.39. The molecule has 0 aromatic carbocycles. The van der Waals surface area contributed by atoms with Gasteiger partial charge in [-0.05, 0) is 45.6 Å². The number of carbonyl (C=O) groups excluding carboxylic acids is 1. The lowest BCUT2D eigenvalue weighted by Gasteiger charge is -2.32. The first-order chi connectivity index (χ1) is 9.15. The van der Waals surface area contributed by atoms with E-state index in [2.05, 4.69) is 11.8 Å². The molecule has 1 fully saturated rings. The molecule has 4 heteroatoms. The van der Waals surface area contributed by atoms with Gasteiger partial charge in [0.25, 0.3) is 0 Å². The lowest BCUT2D eigenvalue weighted by atomic mass is 10.1. The Morgan fingerprint density at radius 2 is 1.89 bits per heavy atom. The van der Waals surface area contributed by atoms with Crippen molar-refractivity contribution in [3.63, 3.8) is 0 Å². The fraction of sp³-hybridized carbons (Fsp3) is 0.933. The SMILES string of the molecule is CCCN(CC1CC1)C(CN)CC(=O)N(CC)CC. The van der Waals surface area contributed by atoms with Gasteiger partial charge in [-0.3, -0.25) is 9.69 Å². The molecule has 1 aliphatic rings. The van der Waals surface area contributed by atoms with Crippen molar-refractivity contribution in [3.8, 4) is 0 Å². The van der Waals surface area contributed by atoms with E-state index in [9.17, 15) is 4.79 Å². The molecule has 2 N–H and O–H groups in total. The molecule has 0 aromatic rings. The summed E-state index contributed by atoms with van der Waals surface area (Å²) in [6, 6.07) is 0.216. The van der Waals surface area contributed by atoms with E-state index in [1.54, 1.807) is 0 Å². The number of hydrogen-bond donors (Lipinski definition) is 1. The Hall–Kier alpha value is -0.610. The van der Waals surface area contributed by atoms with E-state index >= 15 is 0 Å². The molecular formula is C15H31N3O. The van der Waals surface area contributed by atoms with Crippen LogP contribution in [-0.4, -0.2) is 54.5 Å². The minimum absolute atomic E-state index is 0.216. The largest absolute Gasteiger partial charge is 0.343 e. The van der Waals surface area contributed by atoms with Gasteiger partial charge in [-0.1, -0.05) is 6.92 Å². The van der Waals surface area contributed by atoms with Gasteiger partial charge in [0.15, 0.2) is 0 Å². The number of nitrogens with two attached hydrogens (primary N) is 1. The monoisotopic (exact) mass is 269 g/mol. The van der Waals surface area contributed by atoms with Crippen molar-refractivity contribution in [2.24, 2.45) is 11.7 Å². The van der Waals surface area contributed by atoms with E-state index in [0.717, 1.165) is 38.5 Å². The van der Waals surface area contributed by atoms with Gasteiger partial charge < -0.3 is 10.6 Å². The van der Waals surface area contributed by atoms with Gasteiger partial charge in [-0.15, -0.1) is 0 Å². The van der Waals surface area contributed by atoms with E-state index in [-0.39, 0.29) is 11.9 Å². The molecule has 1 atom stereocenters. The molecular weight excluding hydrogens is 238 g/mol. The van der Waals surface area contributed by atoms with Gasteiger partial charge in [-0.2, -0.15) is 0 Å². The predicted molar refractivity (Wildman–Crippen MR) is 80.0 cm³/mol. The van der Waals surface area contributed by atoms with Crippen molar-refractivity contribution in [2.45, 2.75) is 52.5 Å². The summed E-state index contributed by atoms with van der Waals surface area (Å²) in [6.45, 7) is 10.6. The highest BCUT2D eigenvalue weighted by Gasteiger charge is 2.28. The van der Waals surface area contributed by atoms with Crippen LogP contribution in [0.4, 0.5) is 0 Å². The summed E-state index contributed by atoms with van der Waals surface area (Å²) in [6.07, 6.45) is 4.40. The molecule has 4 nitrogen and oxygen atoms in total. The maximum absolute atomic E-state index is 12.2. The molecule has 19 heavy (non-hydrogen) atoms. The fourth-order valence-corrected chi connectivity index (χ4v) is 2.61. The predicted octanol–water partition coefficient (Wildman–Crippen LogP) is 1.69. The van der Waals surface area contributed by atoms with Crippen LogP contribution in [0.3, 0.4) is 0 Å². The van der Waals surface area contributed by atoms with Crippen LogP contribution in [0.1, 0.15) is 46.5 Å². The smallest absolute Gasteiger partial charge is 0.224 e. The molecule has 0 saturated heterocycles. The Labute approximate surface area is 118 Å². The molecule has 0 bridgehead atoms. The van der Waals surface area contributed by atoms with Crippen LogP contribution in [0.2, 0.25) is 0 Å². The van der Waals surface area contributed by atoms with Crippen molar-refractivity contribution >= 4 is 5.91 Å². The lowest BCUT2D eigenvalue weighted by molar-refractivity contribution is -0.132. The summed E-state index contributed by atoms with van der Waals surface area (Å²) >= 11 is 0. The van der Waals surface area contributed by atoms with Gasteiger partial charge in [0, 0.05) is 38.6 Å². The van der Waals surface area contributed by atoms with Gasteiger partial charge >= 0.3 is 0 Å². The average molecular weight is 269 g/mol. The average Bonchev–Trinajstić information content (AvgIpc) is 3.21. The molecule has 1 rings (SSSR count). The van der Waals surface area contributed by atoms with Crippen LogP contribution >= 0.6 is 0 Å². The van der Waals surface area contributed by atoms with E-state index in [1.165, 1.54) is 12.8 Å². The third-order valence-corrected chi connectivity index (χ3v) is 4.02. The van der Waals surface area contributed by atoms with Crippen molar-refractivity contribution in [1.82, 2.24) is 9.80 Å². The number of hydrogen-bond acceptors (Lipinski definition) is 3. The van der Waals surface area contributed by atoms with Crippen LogP contribution in [0, 0.1) is 5.92 Å². The molecule has 0 aliphatic heterocycles. The highest BCUT2D eigenvalue weighted by molar-refractivity contribution is 5.76. The zero-order valence-electron chi connectivity index (χ0n) is 12.9. The third-order valence-electron chi connectivity index (χ3n) is 4.02. The summed E-state index contributed by atoms with van der Waals surface area (Å²) in [5.74, 6) is 1.10. The normalized spacial score (nSPS) is 16.7. The molecule has 1 amide bonds. The zero-order valence-corrected chi connectivity index (χ0v) is 12.9. The molecule has 0 heterocycles. The summed E-state index contributed by atoms with van der Waals surface area (Å²) < 4.78 is 0. The Balaban J connectivity index is 2.54. The van der Waals surface area contributed by atoms with Crippen LogP contribution in [0.5, 0.6) is 0 Å². The number of amides is 1. The molecule has 1 saturated carbocycles. The lowest BCUT2D eigenvalue weighted by Crippen LogP contribution is -2.46. The van der Waals surface area contributed by atoms with Gasteiger partial charge in [0.1, 0.15) is 0 Å². The van der Waals surface area contributed by atoms with Crippen molar-refractivity contribution in [2.75, 3.05) is 32.7 Å². The third kappa shape index (κ3) is 5.49. The molecule has 0 radical (unpaired) electrons. The molecule has 1 unspecified atom stereocenters. The van der Waals surface area contributed by atoms with Crippen molar-refractivity contribution < 1.29 is 4.79 Å². The van der Waals surface area contributed by atoms with Crippen molar-refractivity contribution in [3.05, 3.63) is 0 Å². The Morgan fingerprint density at radius 3 is 2.32 bits per heavy atom. The second-order valence-corrected chi connectivity index (χ2v) is 5.60. The van der Waals surface area contributed by atoms with E-state index in [0.29, 0.717) is 13.0 Å². The number of carbonyl (C=O) groups is 1. The first-order valence-electron chi connectivity index (χ1n) is 7.88. The van der Waals surface area contributed by atoms with Crippen LogP contribution in [0.15, 0.2) is 0 Å². The highest BCUT2D eigenvalue weighted by atomic mass is 16.2. The zero-order chi connectivity index (χ0) is 14.3. The van der Waals surface area contributed by atoms with Crippen LogP contribution in [0.25, 0.3) is 0 Å². The quantitative estimate of drug-likeness (QED) is 0.656. The van der Waals surface area contributed by atoms with E-state index in [1.807, 2.05) is 18.7 Å². The molecule has 112 valence electrons. The van der Waals surface area contributed by atoms with E-state index in [4.69, 9.17) is 5.73 Å². The molecule has 0 aromatic heterocycles. The highest BCUT2D eigenvalue weighted by Crippen LogP contribution is 2.30. The van der Waals surface area contributed by atoms with E-state index < -0.39 is 0 Å². The first-order valence-corrected chi connectivity index (χ1v) is 7.88. The van der Waals surface area contributed by atoms with Crippen LogP contribution < -0.4 is 5.73 Å². The van der Waals surface area contributed by atoms with Gasteiger partial charge in [0.05, 0.1) is 0 Å². The second kappa shape index (κ2) is 8.54. The summed E-state index contributed by atoms with van der Waals surface area (Å²) in [4.78, 5) is 16.6. The standard InChI is InChI=1S/C15H31N3O/c1-4-9-18(12-13-7-8-13)14(11-16)10-15(19)17(5-2)6-3/h13-14H,4-12,16H2,1-3H3. The fourth-order valence-electron chi connectivity index (χ4n) is 2.61. The molecule has 0 spiro atoms. The molecule has 1 aliphatic carbocycles. The van der Waals surface area contributed by atoms with Gasteiger partial charge in [-0.25, -0.2) is 0 Å². The summed E-state index contributed by atoms with van der Waals surface area (Å²) in [5.41, 5.74) is 5.92. The topological polar surface area (TPSA) is 49.6 Å². The second-order valence-electron chi connectivity index (χ2n) is 5.60. The maximum Gasteiger partial charge on any atom is 0.224 e. The van der Waals surface area contributed by atoms with Crippen LogP contribution in [-0.2, 0) is 4.79 Å². The number of rotatable bonds is 10. The first kappa shape index (κ1) is 16.4. The Morgan fingerprint density at radius 1 is 1.26 bits per heavy atom. The maximum atomic E-state index is 12.2. The Bertz CT molecular complexity index is 262. The minimum Gasteiger partial charge on any atom is -0.343 e. The summed E-state index contributed by atoms with van der Waals surface area (Å²) in [5, 5.41) is 0. The van der Waals surface area contributed by atoms with Crippen molar-refractivity contribution in [1.29, 1.82) is 0 Å². The summed E-state index contributed by atoms with van der Waals surface area (Å²) in [7, 11) is 0. The van der Waals surface area contributed by atoms with Gasteiger partial charge in [0.2, 0.25) is 5.91 Å². The number of nitrogens with zero attached hydrogens (tertiary/aromatic N) is 2. The minimum atomic E-state index is 0.216.